The van der Waals surface area contributed by atoms with Gasteiger partial charge in [0.15, 0.2) is 0 Å². The lowest BCUT2D eigenvalue weighted by molar-refractivity contribution is -0.385. The summed E-state index contributed by atoms with van der Waals surface area (Å²) in [6.45, 7) is 12.1. The molecule has 0 atom stereocenters. The molecule has 0 saturated heterocycles. The van der Waals surface area contributed by atoms with Crippen molar-refractivity contribution in [1.29, 1.82) is 0 Å². The topological polar surface area (TPSA) is 108 Å². The van der Waals surface area contributed by atoms with Crippen molar-refractivity contribution in [3.05, 3.63) is 33.9 Å². The Labute approximate surface area is 165 Å². The Bertz CT molecular complexity index is 716. The van der Waals surface area contributed by atoms with Crippen molar-refractivity contribution >= 4 is 17.7 Å². The van der Waals surface area contributed by atoms with Gasteiger partial charge in [0.1, 0.15) is 12.4 Å². The van der Waals surface area contributed by atoms with Crippen LogP contribution in [-0.2, 0) is 16.1 Å². The molecule has 1 N–H and O–H groups in total. The fourth-order valence-electron chi connectivity index (χ4n) is 2.11. The second-order valence-electron chi connectivity index (χ2n) is 9.07. The Morgan fingerprint density at radius 1 is 1.11 bits per heavy atom. The molecular formula is C20H30N2O6. The molecule has 8 heteroatoms. The highest BCUT2D eigenvalue weighted by molar-refractivity contribution is 5.71. The van der Waals surface area contributed by atoms with E-state index >= 15 is 0 Å². The minimum absolute atomic E-state index is 0.0147. The summed E-state index contributed by atoms with van der Waals surface area (Å²) in [7, 11) is 0. The maximum atomic E-state index is 11.9. The van der Waals surface area contributed by atoms with Crippen molar-refractivity contribution in [2.45, 2.75) is 61.0 Å². The van der Waals surface area contributed by atoms with E-state index in [-0.39, 0.29) is 40.9 Å². The Balaban J connectivity index is 2.78. The molecule has 0 heterocycles. The number of benzene rings is 1. The van der Waals surface area contributed by atoms with Gasteiger partial charge in [0.25, 0.3) is 5.69 Å². The zero-order valence-corrected chi connectivity index (χ0v) is 17.5. The van der Waals surface area contributed by atoms with Gasteiger partial charge in [-0.2, -0.15) is 0 Å². The van der Waals surface area contributed by atoms with Crippen molar-refractivity contribution in [1.82, 2.24) is 5.32 Å². The summed E-state index contributed by atoms with van der Waals surface area (Å²) in [6.07, 6.45) is 0.213. The van der Waals surface area contributed by atoms with E-state index < -0.39 is 17.0 Å². The van der Waals surface area contributed by atoms with Crippen molar-refractivity contribution in [2.75, 3.05) is 6.54 Å². The van der Waals surface area contributed by atoms with E-state index in [1.54, 1.807) is 0 Å². The summed E-state index contributed by atoms with van der Waals surface area (Å²) in [5.74, 6) is -0.295. The van der Waals surface area contributed by atoms with Crippen molar-refractivity contribution in [2.24, 2.45) is 10.8 Å². The predicted octanol–water partition coefficient (Wildman–Crippen LogP) is 4.60. The third kappa shape index (κ3) is 9.34. The molecule has 0 unspecified atom stereocenters. The van der Waals surface area contributed by atoms with Gasteiger partial charge in [-0.25, -0.2) is 4.79 Å². The maximum absolute atomic E-state index is 11.9. The summed E-state index contributed by atoms with van der Waals surface area (Å²) in [5.41, 5.74) is -0.165. The molecule has 0 radical (unpaired) electrons. The van der Waals surface area contributed by atoms with Gasteiger partial charge in [-0.3, -0.25) is 14.9 Å². The number of hydrogen-bond acceptors (Lipinski definition) is 6. The van der Waals surface area contributed by atoms with Crippen molar-refractivity contribution < 1.29 is 24.0 Å². The van der Waals surface area contributed by atoms with Gasteiger partial charge in [0.2, 0.25) is 0 Å². The Hall–Kier alpha value is -2.64. The fourth-order valence-corrected chi connectivity index (χ4v) is 2.11. The second kappa shape index (κ2) is 9.52. The van der Waals surface area contributed by atoms with Crippen LogP contribution in [0.5, 0.6) is 5.75 Å². The van der Waals surface area contributed by atoms with E-state index in [4.69, 9.17) is 9.47 Å². The molecule has 1 amide bonds. The Kier molecular flexibility index (Phi) is 7.96. The molecule has 0 aliphatic heterocycles. The van der Waals surface area contributed by atoms with E-state index in [1.165, 1.54) is 18.2 Å². The number of hydrogen-bond donors (Lipinski definition) is 1. The molecule has 8 nitrogen and oxygen atoms in total. The van der Waals surface area contributed by atoms with E-state index in [1.807, 2.05) is 41.5 Å². The van der Waals surface area contributed by atoms with Crippen LogP contribution in [0, 0.1) is 20.9 Å². The number of nitro benzene ring substituents is 1. The summed E-state index contributed by atoms with van der Waals surface area (Å²) >= 11 is 0. The largest absolute Gasteiger partial charge is 0.461 e. The number of nitrogens with zero attached hydrogens (tertiary/aromatic N) is 1. The number of carbonyl (C=O) groups is 2. The molecule has 28 heavy (non-hydrogen) atoms. The van der Waals surface area contributed by atoms with Crippen molar-refractivity contribution in [3.8, 4) is 5.75 Å². The first-order valence-electron chi connectivity index (χ1n) is 9.15. The van der Waals surface area contributed by atoms with Crippen LogP contribution in [0.2, 0.25) is 0 Å². The fraction of sp³-hybridized carbons (Fsp3) is 0.600. The molecule has 0 bridgehead atoms. The first kappa shape index (κ1) is 23.4. The van der Waals surface area contributed by atoms with Crippen LogP contribution < -0.4 is 10.1 Å². The van der Waals surface area contributed by atoms with Crippen LogP contribution in [0.1, 0.15) is 59.9 Å². The quantitative estimate of drug-likeness (QED) is 0.411. The third-order valence-electron chi connectivity index (χ3n) is 3.69. The average Bonchev–Trinajstić information content (AvgIpc) is 2.55. The number of nitro groups is 1. The van der Waals surface area contributed by atoms with E-state index in [0.717, 1.165) is 0 Å². The zero-order chi connectivity index (χ0) is 21.5. The highest BCUT2D eigenvalue weighted by Crippen LogP contribution is 2.26. The van der Waals surface area contributed by atoms with Gasteiger partial charge < -0.3 is 14.8 Å². The van der Waals surface area contributed by atoms with Crippen molar-refractivity contribution in [3.63, 3.8) is 0 Å². The lowest BCUT2D eigenvalue weighted by atomic mass is 9.91. The van der Waals surface area contributed by atoms with Crippen LogP contribution >= 0.6 is 0 Å². The van der Waals surface area contributed by atoms with Gasteiger partial charge >= 0.3 is 12.1 Å². The normalized spacial score (nSPS) is 11.6. The molecule has 0 aliphatic carbocycles. The molecule has 1 aromatic rings. The Morgan fingerprint density at radius 3 is 2.29 bits per heavy atom. The zero-order valence-electron chi connectivity index (χ0n) is 17.5. The van der Waals surface area contributed by atoms with Gasteiger partial charge in [-0.1, -0.05) is 41.5 Å². The molecule has 0 aromatic heterocycles. The van der Waals surface area contributed by atoms with Crippen LogP contribution in [0.25, 0.3) is 0 Å². The Morgan fingerprint density at radius 2 is 1.75 bits per heavy atom. The highest BCUT2D eigenvalue weighted by atomic mass is 16.6. The number of esters is 1. The molecule has 1 rings (SSSR count). The van der Waals surface area contributed by atoms with Gasteiger partial charge in [0, 0.05) is 19.0 Å². The SMILES string of the molecule is CC(C)(C)CCC(=O)OCc1cc(OC(=O)NCC(C)(C)C)ccc1[N+](=O)[O-]. The number of ether oxygens (including phenoxy) is 2. The lowest BCUT2D eigenvalue weighted by Gasteiger charge is -2.18. The van der Waals surface area contributed by atoms with E-state index in [9.17, 15) is 19.7 Å². The lowest BCUT2D eigenvalue weighted by Crippen LogP contribution is -2.34. The summed E-state index contributed by atoms with van der Waals surface area (Å²) < 4.78 is 10.3. The maximum Gasteiger partial charge on any atom is 0.412 e. The first-order valence-corrected chi connectivity index (χ1v) is 9.15. The standard InChI is InChI=1S/C20H30N2O6/c1-19(2,3)10-9-17(23)27-12-14-11-15(7-8-16(14)22(25)26)28-18(24)21-13-20(4,5)6/h7-8,11H,9-10,12-13H2,1-6H3,(H,21,24). The van der Waals surface area contributed by atoms with E-state index in [0.29, 0.717) is 13.0 Å². The van der Waals surface area contributed by atoms with Crippen LogP contribution in [0.3, 0.4) is 0 Å². The van der Waals surface area contributed by atoms with Crippen LogP contribution in [-0.4, -0.2) is 23.5 Å². The number of carbonyl (C=O) groups excluding carboxylic acids is 2. The summed E-state index contributed by atoms with van der Waals surface area (Å²) in [4.78, 5) is 34.4. The average molecular weight is 394 g/mol. The molecule has 0 saturated carbocycles. The first-order chi connectivity index (χ1) is 12.8. The van der Waals surface area contributed by atoms with Gasteiger partial charge in [-0.15, -0.1) is 0 Å². The number of nitrogens with one attached hydrogen (secondary N) is 1. The second-order valence-corrected chi connectivity index (χ2v) is 9.07. The molecule has 0 spiro atoms. The molecule has 156 valence electrons. The van der Waals surface area contributed by atoms with Gasteiger partial charge in [-0.05, 0) is 29.4 Å². The molecule has 0 fully saturated rings. The van der Waals surface area contributed by atoms with Crippen LogP contribution in [0.4, 0.5) is 10.5 Å². The number of rotatable bonds is 7. The smallest absolute Gasteiger partial charge is 0.412 e. The van der Waals surface area contributed by atoms with Gasteiger partial charge in [0.05, 0.1) is 10.5 Å². The minimum Gasteiger partial charge on any atom is -0.461 e. The van der Waals surface area contributed by atoms with E-state index in [2.05, 4.69) is 5.32 Å². The van der Waals surface area contributed by atoms with Crippen LogP contribution in [0.15, 0.2) is 18.2 Å². The molecule has 0 aliphatic rings. The third-order valence-corrected chi connectivity index (χ3v) is 3.69. The summed E-state index contributed by atoms with van der Waals surface area (Å²) in [5, 5.41) is 13.8. The monoisotopic (exact) mass is 394 g/mol. The molecule has 1 aromatic carbocycles. The predicted molar refractivity (Wildman–Crippen MR) is 105 cm³/mol. The molecular weight excluding hydrogens is 364 g/mol. The minimum atomic E-state index is -0.656. The summed E-state index contributed by atoms with van der Waals surface area (Å²) in [6, 6.07) is 3.90. The number of amides is 1. The highest BCUT2D eigenvalue weighted by Gasteiger charge is 2.19.